The Labute approximate surface area is 127 Å². The molecule has 1 fully saturated rings. The van der Waals surface area contributed by atoms with Crippen LogP contribution in [0.5, 0.6) is 0 Å². The molecule has 0 radical (unpaired) electrons. The Morgan fingerprint density at radius 3 is 2.48 bits per heavy atom. The molecule has 0 spiro atoms. The number of rotatable bonds is 6. The van der Waals surface area contributed by atoms with E-state index in [1.54, 1.807) is 0 Å². The highest BCUT2D eigenvalue weighted by Gasteiger charge is 2.17. The molecule has 1 amide bonds. The summed E-state index contributed by atoms with van der Waals surface area (Å²) in [6.45, 7) is 4.52. The molecule has 2 rings (SSSR count). The lowest BCUT2D eigenvalue weighted by atomic mass is 10.0. The second-order valence-electron chi connectivity index (χ2n) is 6.17. The maximum Gasteiger partial charge on any atom is 0.241 e. The van der Waals surface area contributed by atoms with E-state index >= 15 is 0 Å². The number of nitrogens with one attached hydrogen (secondary N) is 1. The van der Waals surface area contributed by atoms with Crippen molar-refractivity contribution in [3.63, 3.8) is 0 Å². The molecule has 0 saturated heterocycles. The first-order chi connectivity index (χ1) is 10.1. The predicted molar refractivity (Wildman–Crippen MR) is 84.9 cm³/mol. The summed E-state index contributed by atoms with van der Waals surface area (Å²) in [5.74, 6) is -0.0101. The Hall–Kier alpha value is -1.39. The van der Waals surface area contributed by atoms with Crippen molar-refractivity contribution in [3.05, 3.63) is 29.8 Å². The van der Waals surface area contributed by atoms with Crippen LogP contribution < -0.4 is 11.1 Å². The highest BCUT2D eigenvalue weighted by Crippen LogP contribution is 2.22. The van der Waals surface area contributed by atoms with Gasteiger partial charge in [0, 0.05) is 5.69 Å². The lowest BCUT2D eigenvalue weighted by Gasteiger charge is -2.15. The van der Waals surface area contributed by atoms with E-state index in [1.807, 2.05) is 38.1 Å². The third-order valence-electron chi connectivity index (χ3n) is 4.03. The molecule has 0 aliphatic heterocycles. The van der Waals surface area contributed by atoms with Crippen molar-refractivity contribution in [2.24, 2.45) is 11.7 Å². The van der Waals surface area contributed by atoms with Crippen LogP contribution in [0.1, 0.15) is 45.1 Å². The molecular formula is C17H26N2O2. The molecule has 4 heteroatoms. The zero-order valence-corrected chi connectivity index (χ0v) is 13.0. The van der Waals surface area contributed by atoms with Crippen molar-refractivity contribution >= 4 is 11.6 Å². The van der Waals surface area contributed by atoms with E-state index in [0.29, 0.717) is 12.7 Å². The number of hydrogen-bond donors (Lipinski definition) is 2. The molecule has 116 valence electrons. The fourth-order valence-electron chi connectivity index (χ4n) is 2.48. The smallest absolute Gasteiger partial charge is 0.241 e. The molecule has 0 heterocycles. The van der Waals surface area contributed by atoms with Gasteiger partial charge >= 0.3 is 0 Å². The van der Waals surface area contributed by atoms with Crippen molar-refractivity contribution in [1.82, 2.24) is 0 Å². The van der Waals surface area contributed by atoms with Gasteiger partial charge in [0.05, 0.1) is 18.8 Å². The molecule has 1 saturated carbocycles. The van der Waals surface area contributed by atoms with Gasteiger partial charge in [-0.15, -0.1) is 0 Å². The summed E-state index contributed by atoms with van der Waals surface area (Å²) >= 11 is 0. The molecular weight excluding hydrogens is 264 g/mol. The normalized spacial score (nSPS) is 17.1. The van der Waals surface area contributed by atoms with Crippen LogP contribution in [-0.4, -0.2) is 18.1 Å². The van der Waals surface area contributed by atoms with Crippen molar-refractivity contribution in [1.29, 1.82) is 0 Å². The molecule has 0 bridgehead atoms. The number of hydrogen-bond acceptors (Lipinski definition) is 3. The van der Waals surface area contributed by atoms with Crippen molar-refractivity contribution in [3.8, 4) is 0 Å². The number of anilines is 1. The van der Waals surface area contributed by atoms with Gasteiger partial charge in [0.15, 0.2) is 0 Å². The minimum Gasteiger partial charge on any atom is -0.374 e. The quantitative estimate of drug-likeness (QED) is 0.846. The van der Waals surface area contributed by atoms with Crippen molar-refractivity contribution < 1.29 is 9.53 Å². The standard InChI is InChI=1S/C17H26N2O2/c1-12(2)16(18)17(20)19-14-9-7-13(8-10-14)11-21-15-5-3-4-6-15/h7-10,12,15-16H,3-6,11,18H2,1-2H3,(H,19,20)/t16-/m0/s1. The van der Waals surface area contributed by atoms with Gasteiger partial charge in [0.1, 0.15) is 0 Å². The second kappa shape index (κ2) is 7.57. The summed E-state index contributed by atoms with van der Waals surface area (Å²) in [5, 5.41) is 2.84. The maximum atomic E-state index is 11.9. The van der Waals surface area contributed by atoms with E-state index in [4.69, 9.17) is 10.5 Å². The van der Waals surface area contributed by atoms with Gasteiger partial charge < -0.3 is 15.8 Å². The summed E-state index contributed by atoms with van der Waals surface area (Å²) < 4.78 is 5.87. The van der Waals surface area contributed by atoms with E-state index < -0.39 is 6.04 Å². The Bertz CT molecular complexity index is 450. The molecule has 3 N–H and O–H groups in total. The zero-order chi connectivity index (χ0) is 15.2. The van der Waals surface area contributed by atoms with E-state index in [9.17, 15) is 4.79 Å². The molecule has 1 atom stereocenters. The summed E-state index contributed by atoms with van der Waals surface area (Å²) in [6, 6.07) is 7.31. The van der Waals surface area contributed by atoms with Crippen LogP contribution in [0.4, 0.5) is 5.69 Å². The first-order valence-corrected chi connectivity index (χ1v) is 7.83. The molecule has 1 aromatic rings. The van der Waals surface area contributed by atoms with Gasteiger partial charge in [-0.25, -0.2) is 0 Å². The van der Waals surface area contributed by atoms with Crippen LogP contribution in [0.2, 0.25) is 0 Å². The van der Waals surface area contributed by atoms with Gasteiger partial charge in [0.25, 0.3) is 0 Å². The first-order valence-electron chi connectivity index (χ1n) is 7.83. The van der Waals surface area contributed by atoms with Gasteiger partial charge in [0.2, 0.25) is 5.91 Å². The number of carbonyl (C=O) groups excluding carboxylic acids is 1. The van der Waals surface area contributed by atoms with Gasteiger partial charge in [-0.3, -0.25) is 4.79 Å². The minimum absolute atomic E-state index is 0.129. The van der Waals surface area contributed by atoms with Crippen LogP contribution in [0.25, 0.3) is 0 Å². The van der Waals surface area contributed by atoms with E-state index in [-0.39, 0.29) is 11.8 Å². The van der Waals surface area contributed by atoms with E-state index in [1.165, 1.54) is 25.7 Å². The van der Waals surface area contributed by atoms with Crippen LogP contribution >= 0.6 is 0 Å². The third kappa shape index (κ3) is 4.83. The lowest BCUT2D eigenvalue weighted by molar-refractivity contribution is -0.118. The van der Waals surface area contributed by atoms with Crippen LogP contribution in [0.15, 0.2) is 24.3 Å². The summed E-state index contributed by atoms with van der Waals surface area (Å²) in [6.07, 6.45) is 5.35. The van der Waals surface area contributed by atoms with Crippen LogP contribution in [0.3, 0.4) is 0 Å². The minimum atomic E-state index is -0.477. The Morgan fingerprint density at radius 2 is 1.90 bits per heavy atom. The SMILES string of the molecule is CC(C)[C@H](N)C(=O)Nc1ccc(COC2CCCC2)cc1. The number of ether oxygens (including phenoxy) is 1. The first kappa shape index (κ1) is 16.0. The van der Waals surface area contributed by atoms with E-state index in [2.05, 4.69) is 5.32 Å². The highest BCUT2D eigenvalue weighted by atomic mass is 16.5. The Balaban J connectivity index is 1.82. The largest absolute Gasteiger partial charge is 0.374 e. The summed E-state index contributed by atoms with van der Waals surface area (Å²) in [5.41, 5.74) is 7.73. The fourth-order valence-corrected chi connectivity index (χ4v) is 2.48. The van der Waals surface area contributed by atoms with Gasteiger partial charge in [-0.2, -0.15) is 0 Å². The number of carbonyl (C=O) groups is 1. The Morgan fingerprint density at radius 1 is 1.29 bits per heavy atom. The molecule has 0 aromatic heterocycles. The summed E-state index contributed by atoms with van der Waals surface area (Å²) in [7, 11) is 0. The molecule has 1 aromatic carbocycles. The second-order valence-corrected chi connectivity index (χ2v) is 6.17. The summed E-state index contributed by atoms with van der Waals surface area (Å²) in [4.78, 5) is 11.9. The monoisotopic (exact) mass is 290 g/mol. The maximum absolute atomic E-state index is 11.9. The van der Waals surface area contributed by atoms with Gasteiger partial charge in [-0.05, 0) is 36.5 Å². The number of nitrogens with two attached hydrogens (primary N) is 1. The molecule has 21 heavy (non-hydrogen) atoms. The topological polar surface area (TPSA) is 64.4 Å². The lowest BCUT2D eigenvalue weighted by Crippen LogP contribution is -2.39. The third-order valence-corrected chi connectivity index (χ3v) is 4.03. The number of benzene rings is 1. The average molecular weight is 290 g/mol. The van der Waals surface area contributed by atoms with E-state index in [0.717, 1.165) is 11.3 Å². The predicted octanol–water partition coefficient (Wildman–Crippen LogP) is 3.07. The fraction of sp³-hybridized carbons (Fsp3) is 0.588. The van der Waals surface area contributed by atoms with Crippen molar-refractivity contribution in [2.75, 3.05) is 5.32 Å². The van der Waals surface area contributed by atoms with Crippen LogP contribution in [-0.2, 0) is 16.1 Å². The van der Waals surface area contributed by atoms with Crippen LogP contribution in [0, 0.1) is 5.92 Å². The molecule has 1 aliphatic carbocycles. The average Bonchev–Trinajstić information content (AvgIpc) is 2.99. The number of amides is 1. The van der Waals surface area contributed by atoms with Crippen molar-refractivity contribution in [2.45, 2.75) is 58.3 Å². The zero-order valence-electron chi connectivity index (χ0n) is 13.0. The van der Waals surface area contributed by atoms with Gasteiger partial charge in [-0.1, -0.05) is 38.8 Å². The Kier molecular flexibility index (Phi) is 5.76. The molecule has 4 nitrogen and oxygen atoms in total. The highest BCUT2D eigenvalue weighted by molar-refractivity contribution is 5.94. The molecule has 1 aliphatic rings. The molecule has 0 unspecified atom stereocenters.